The molecule has 0 aromatic heterocycles. The first-order valence-corrected chi connectivity index (χ1v) is 3.85. The van der Waals surface area contributed by atoms with Crippen molar-refractivity contribution in [2.45, 2.75) is 31.3 Å². The van der Waals surface area contributed by atoms with Gasteiger partial charge in [-0.3, -0.25) is 0 Å². The van der Waals surface area contributed by atoms with E-state index >= 15 is 0 Å². The Hall–Kier alpha value is -0.400. The zero-order valence-corrected chi connectivity index (χ0v) is 5.33. The van der Waals surface area contributed by atoms with E-state index in [1.165, 1.54) is 19.3 Å². The molecule has 0 N–H and O–H groups in total. The summed E-state index contributed by atoms with van der Waals surface area (Å²) in [4.78, 5) is 0. The third-order valence-corrected chi connectivity index (χ3v) is 3.00. The summed E-state index contributed by atoms with van der Waals surface area (Å²) in [7, 11) is 0. The van der Waals surface area contributed by atoms with Crippen LogP contribution in [0.15, 0.2) is 10.2 Å². The Balaban J connectivity index is 2.05. The summed E-state index contributed by atoms with van der Waals surface area (Å²) in [5, 5.41) is 8.49. The van der Waals surface area contributed by atoms with E-state index in [1.807, 2.05) is 0 Å². The number of azo groups is 1. The highest BCUT2D eigenvalue weighted by atomic mass is 15.2. The second kappa shape index (κ2) is 1.20. The highest BCUT2D eigenvalue weighted by molar-refractivity contribution is 5.07. The molecule has 0 aromatic carbocycles. The van der Waals surface area contributed by atoms with E-state index in [2.05, 4.69) is 10.2 Å². The van der Waals surface area contributed by atoms with Gasteiger partial charge in [0.15, 0.2) is 0 Å². The summed E-state index contributed by atoms with van der Waals surface area (Å²) in [5.41, 5.74) is 0. The number of hydrogen-bond donors (Lipinski definition) is 0. The van der Waals surface area contributed by atoms with Crippen LogP contribution < -0.4 is 0 Å². The number of fused-ring (bicyclic) bond motifs is 1. The third-order valence-electron chi connectivity index (χ3n) is 3.00. The van der Waals surface area contributed by atoms with Gasteiger partial charge in [0.25, 0.3) is 0 Å². The minimum absolute atomic E-state index is 0.653. The maximum absolute atomic E-state index is 4.25. The molecular formula is C7H10N2. The molecule has 2 heteroatoms. The van der Waals surface area contributed by atoms with Crippen molar-refractivity contribution in [1.29, 1.82) is 0 Å². The summed E-state index contributed by atoms with van der Waals surface area (Å²) in [5.74, 6) is 1.95. The fourth-order valence-corrected chi connectivity index (χ4v) is 2.35. The van der Waals surface area contributed by atoms with E-state index in [0.29, 0.717) is 12.1 Å². The fraction of sp³-hybridized carbons (Fsp3) is 1.00. The maximum Gasteiger partial charge on any atom is 0.0740 e. The summed E-state index contributed by atoms with van der Waals surface area (Å²) in [6.07, 6.45) is 4.09. The molecule has 2 fully saturated rings. The molecule has 4 atom stereocenters. The van der Waals surface area contributed by atoms with Crippen molar-refractivity contribution in [3.05, 3.63) is 0 Å². The number of hydrogen-bond acceptors (Lipinski definition) is 2. The first-order chi connectivity index (χ1) is 4.45. The molecule has 4 rings (SSSR count). The molecule has 2 aliphatic heterocycles. The largest absolute Gasteiger partial charge is 0.190 e. The Morgan fingerprint density at radius 2 is 1.44 bits per heavy atom. The van der Waals surface area contributed by atoms with E-state index < -0.39 is 0 Å². The van der Waals surface area contributed by atoms with Crippen LogP contribution in [0.25, 0.3) is 0 Å². The summed E-state index contributed by atoms with van der Waals surface area (Å²) >= 11 is 0. The lowest BCUT2D eigenvalue weighted by Gasteiger charge is -2.26. The molecule has 2 aliphatic carbocycles. The van der Waals surface area contributed by atoms with Crippen molar-refractivity contribution >= 4 is 0 Å². The second-order valence-corrected chi connectivity index (χ2v) is 3.51. The van der Waals surface area contributed by atoms with Crippen molar-refractivity contribution in [3.8, 4) is 0 Å². The van der Waals surface area contributed by atoms with Gasteiger partial charge in [-0.15, -0.1) is 0 Å². The van der Waals surface area contributed by atoms with Gasteiger partial charge < -0.3 is 0 Å². The molecule has 0 aromatic rings. The molecular weight excluding hydrogens is 112 g/mol. The molecule has 2 saturated carbocycles. The molecule has 9 heavy (non-hydrogen) atoms. The lowest BCUT2D eigenvalue weighted by molar-refractivity contribution is 0.306. The van der Waals surface area contributed by atoms with Crippen LogP contribution >= 0.6 is 0 Å². The van der Waals surface area contributed by atoms with Crippen LogP contribution in [0, 0.1) is 11.8 Å². The van der Waals surface area contributed by atoms with E-state index in [9.17, 15) is 0 Å². The van der Waals surface area contributed by atoms with Crippen molar-refractivity contribution < 1.29 is 0 Å². The van der Waals surface area contributed by atoms with Gasteiger partial charge in [0, 0.05) is 0 Å². The molecule has 2 nitrogen and oxygen atoms in total. The van der Waals surface area contributed by atoms with Crippen molar-refractivity contribution in [2.24, 2.45) is 22.1 Å². The zero-order chi connectivity index (χ0) is 5.84. The molecule has 0 saturated heterocycles. The van der Waals surface area contributed by atoms with Gasteiger partial charge in [0.2, 0.25) is 0 Å². The highest BCUT2D eigenvalue weighted by Crippen LogP contribution is 2.54. The molecule has 4 aliphatic rings. The Kier molecular flexibility index (Phi) is 0.590. The van der Waals surface area contributed by atoms with Crippen LogP contribution in [0.2, 0.25) is 0 Å². The normalized spacial score (nSPS) is 59.6. The van der Waals surface area contributed by atoms with Gasteiger partial charge in [0.05, 0.1) is 12.1 Å². The maximum atomic E-state index is 4.25. The second-order valence-electron chi connectivity index (χ2n) is 3.51. The number of nitrogens with zero attached hydrogens (tertiary/aromatic N) is 2. The predicted molar refractivity (Wildman–Crippen MR) is 33.3 cm³/mol. The van der Waals surface area contributed by atoms with Gasteiger partial charge >= 0.3 is 0 Å². The van der Waals surface area contributed by atoms with Crippen LogP contribution in [0.5, 0.6) is 0 Å². The first kappa shape index (κ1) is 4.42. The Morgan fingerprint density at radius 3 is 1.78 bits per heavy atom. The summed E-state index contributed by atoms with van der Waals surface area (Å²) in [6.45, 7) is 0. The quantitative estimate of drug-likeness (QED) is 0.466. The van der Waals surface area contributed by atoms with Crippen LogP contribution in [0.3, 0.4) is 0 Å². The van der Waals surface area contributed by atoms with Crippen LogP contribution in [-0.2, 0) is 0 Å². The van der Waals surface area contributed by atoms with Crippen LogP contribution in [0.1, 0.15) is 19.3 Å². The topological polar surface area (TPSA) is 24.7 Å². The molecule has 0 unspecified atom stereocenters. The standard InChI is InChI=1S/C7H10N2/c1-2-7-5-3-4(5)6(1)8-9-7/h4-7H,1-3H2/t4-,5-,6-,7-/m1/s1. The molecule has 0 spiro atoms. The van der Waals surface area contributed by atoms with E-state index in [1.54, 1.807) is 0 Å². The van der Waals surface area contributed by atoms with Crippen molar-refractivity contribution in [3.63, 3.8) is 0 Å². The molecule has 2 bridgehead atoms. The van der Waals surface area contributed by atoms with Crippen molar-refractivity contribution in [1.82, 2.24) is 0 Å². The van der Waals surface area contributed by atoms with Gasteiger partial charge in [-0.2, -0.15) is 10.2 Å². The molecule has 0 radical (unpaired) electrons. The average molecular weight is 122 g/mol. The smallest absolute Gasteiger partial charge is 0.0740 e. The predicted octanol–water partition coefficient (Wildman–Crippen LogP) is 1.62. The molecule has 48 valence electrons. The van der Waals surface area contributed by atoms with E-state index in [-0.39, 0.29) is 0 Å². The van der Waals surface area contributed by atoms with Crippen molar-refractivity contribution in [2.75, 3.05) is 0 Å². The average Bonchev–Trinajstić information content (AvgIpc) is 2.68. The minimum Gasteiger partial charge on any atom is -0.190 e. The van der Waals surface area contributed by atoms with Gasteiger partial charge in [0.1, 0.15) is 0 Å². The van der Waals surface area contributed by atoms with Crippen LogP contribution in [0.4, 0.5) is 0 Å². The van der Waals surface area contributed by atoms with Gasteiger partial charge in [-0.25, -0.2) is 0 Å². The lowest BCUT2D eigenvalue weighted by Crippen LogP contribution is -2.27. The third kappa shape index (κ3) is 0.428. The summed E-state index contributed by atoms with van der Waals surface area (Å²) in [6, 6.07) is 1.31. The lowest BCUT2D eigenvalue weighted by atomic mass is 9.91. The Morgan fingerprint density at radius 1 is 0.889 bits per heavy atom. The van der Waals surface area contributed by atoms with Gasteiger partial charge in [-0.05, 0) is 31.1 Å². The molecule has 2 heterocycles. The first-order valence-electron chi connectivity index (χ1n) is 3.85. The van der Waals surface area contributed by atoms with E-state index in [0.717, 1.165) is 11.8 Å². The highest BCUT2D eigenvalue weighted by Gasteiger charge is 2.53. The Labute approximate surface area is 54.4 Å². The summed E-state index contributed by atoms with van der Waals surface area (Å²) < 4.78 is 0. The minimum atomic E-state index is 0.653. The zero-order valence-electron chi connectivity index (χ0n) is 5.33. The monoisotopic (exact) mass is 122 g/mol. The Bertz CT molecular complexity index is 158. The SMILES string of the molecule is C1[C@@H]2[C@@H]1[C@H]1CC[C@H]2N=N1. The fourth-order valence-electron chi connectivity index (χ4n) is 2.35. The van der Waals surface area contributed by atoms with Crippen LogP contribution in [-0.4, -0.2) is 12.1 Å². The van der Waals surface area contributed by atoms with E-state index in [4.69, 9.17) is 0 Å². The van der Waals surface area contributed by atoms with Gasteiger partial charge in [-0.1, -0.05) is 0 Å². The molecule has 0 amide bonds. The number of rotatable bonds is 0.